The van der Waals surface area contributed by atoms with Crippen LogP contribution in [0.3, 0.4) is 0 Å². The van der Waals surface area contributed by atoms with E-state index in [2.05, 4.69) is 23.6 Å². The molecule has 150 valence electrons. The maximum Gasteiger partial charge on any atom is 0.0900 e. The molecule has 1 fully saturated rings. The lowest BCUT2D eigenvalue weighted by Crippen LogP contribution is -2.39. The number of hydrogen-bond donors (Lipinski definition) is 2. The number of aliphatic hydroxyl groups excluding tert-OH is 2. The maximum absolute atomic E-state index is 10.1. The van der Waals surface area contributed by atoms with Crippen LogP contribution in [0.4, 0.5) is 0 Å². The zero-order chi connectivity index (χ0) is 18.3. The van der Waals surface area contributed by atoms with Crippen LogP contribution in [0.1, 0.15) is 46.0 Å². The second-order valence-corrected chi connectivity index (χ2v) is 7.12. The second-order valence-electron chi connectivity index (χ2n) is 7.12. The van der Waals surface area contributed by atoms with Gasteiger partial charge < -0.3 is 19.7 Å². The first-order valence-electron chi connectivity index (χ1n) is 10.1. The van der Waals surface area contributed by atoms with Gasteiger partial charge in [-0.1, -0.05) is 26.7 Å². The summed E-state index contributed by atoms with van der Waals surface area (Å²) in [5, 5.41) is 20.2. The van der Waals surface area contributed by atoms with Gasteiger partial charge in [-0.25, -0.2) is 0 Å². The monoisotopic (exact) mass is 360 g/mol. The summed E-state index contributed by atoms with van der Waals surface area (Å²) in [6, 6.07) is 0. The highest BCUT2D eigenvalue weighted by Crippen LogP contribution is 2.06. The third-order valence-corrected chi connectivity index (χ3v) is 4.52. The molecule has 2 atom stereocenters. The molecule has 0 saturated carbocycles. The number of nitrogens with zero attached hydrogens (tertiary/aromatic N) is 2. The summed E-state index contributed by atoms with van der Waals surface area (Å²) in [6.07, 6.45) is 4.57. The Morgan fingerprint density at radius 2 is 1.20 bits per heavy atom. The van der Waals surface area contributed by atoms with Crippen LogP contribution < -0.4 is 0 Å². The molecule has 1 saturated heterocycles. The highest BCUT2D eigenvalue weighted by atomic mass is 16.5. The molecule has 0 amide bonds. The van der Waals surface area contributed by atoms with Gasteiger partial charge in [0.1, 0.15) is 0 Å². The van der Waals surface area contributed by atoms with Crippen LogP contribution in [0.25, 0.3) is 0 Å². The highest BCUT2D eigenvalue weighted by molar-refractivity contribution is 4.74. The van der Waals surface area contributed by atoms with E-state index in [1.54, 1.807) is 0 Å². The van der Waals surface area contributed by atoms with Gasteiger partial charge in [-0.2, -0.15) is 0 Å². The van der Waals surface area contributed by atoms with E-state index in [1.165, 1.54) is 0 Å². The summed E-state index contributed by atoms with van der Waals surface area (Å²) < 4.78 is 11.0. The second kappa shape index (κ2) is 14.9. The SMILES string of the molecule is CCCCOCC(O)CN1CCCN(CC(O)COCCCC)CC1. The van der Waals surface area contributed by atoms with Gasteiger partial charge in [-0.3, -0.25) is 9.80 Å². The average Bonchev–Trinajstić information content (AvgIpc) is 2.81. The van der Waals surface area contributed by atoms with Crippen molar-refractivity contribution in [2.75, 3.05) is 65.7 Å². The Balaban J connectivity index is 2.15. The molecule has 0 spiro atoms. The summed E-state index contributed by atoms with van der Waals surface area (Å²) in [6.45, 7) is 11.8. The van der Waals surface area contributed by atoms with Gasteiger partial charge in [0.05, 0.1) is 25.4 Å². The lowest BCUT2D eigenvalue weighted by atomic mass is 10.3. The quantitative estimate of drug-likeness (QED) is 0.456. The molecule has 0 aromatic carbocycles. The van der Waals surface area contributed by atoms with Crippen molar-refractivity contribution in [1.82, 2.24) is 9.80 Å². The molecule has 6 nitrogen and oxygen atoms in total. The van der Waals surface area contributed by atoms with Crippen LogP contribution in [0.15, 0.2) is 0 Å². The average molecular weight is 361 g/mol. The third-order valence-electron chi connectivity index (χ3n) is 4.52. The fourth-order valence-corrected chi connectivity index (χ4v) is 3.02. The molecule has 2 unspecified atom stereocenters. The normalized spacial score (nSPS) is 19.7. The van der Waals surface area contributed by atoms with Gasteiger partial charge in [-0.05, 0) is 32.4 Å². The number of unbranched alkanes of at least 4 members (excludes halogenated alkanes) is 2. The summed E-state index contributed by atoms with van der Waals surface area (Å²) in [7, 11) is 0. The number of β-amino-alcohol motifs (C(OH)–C–C–N with tert-alkyl or cyclic N) is 2. The summed E-state index contributed by atoms with van der Waals surface area (Å²) >= 11 is 0. The molecule has 1 rings (SSSR count). The van der Waals surface area contributed by atoms with Crippen molar-refractivity contribution in [3.8, 4) is 0 Å². The Morgan fingerprint density at radius 3 is 1.60 bits per heavy atom. The number of rotatable bonds is 14. The van der Waals surface area contributed by atoms with Crippen LogP contribution in [-0.2, 0) is 9.47 Å². The summed E-state index contributed by atoms with van der Waals surface area (Å²) in [4.78, 5) is 4.61. The summed E-state index contributed by atoms with van der Waals surface area (Å²) in [5.41, 5.74) is 0. The Hall–Kier alpha value is -0.240. The van der Waals surface area contributed by atoms with E-state index in [1.807, 2.05) is 0 Å². The first-order chi connectivity index (χ1) is 12.2. The van der Waals surface area contributed by atoms with E-state index in [4.69, 9.17) is 9.47 Å². The maximum atomic E-state index is 10.1. The van der Waals surface area contributed by atoms with Crippen molar-refractivity contribution in [2.45, 2.75) is 58.2 Å². The molecule has 1 heterocycles. The predicted octanol–water partition coefficient (Wildman–Crippen LogP) is 1.35. The van der Waals surface area contributed by atoms with Crippen LogP contribution >= 0.6 is 0 Å². The minimum Gasteiger partial charge on any atom is -0.389 e. The zero-order valence-electron chi connectivity index (χ0n) is 16.4. The number of hydrogen-bond acceptors (Lipinski definition) is 6. The Labute approximate surface area is 154 Å². The zero-order valence-corrected chi connectivity index (χ0v) is 16.4. The first kappa shape index (κ1) is 22.8. The molecule has 0 bridgehead atoms. The predicted molar refractivity (Wildman–Crippen MR) is 101 cm³/mol. The molecule has 25 heavy (non-hydrogen) atoms. The fourth-order valence-electron chi connectivity index (χ4n) is 3.02. The molecule has 2 N–H and O–H groups in total. The first-order valence-corrected chi connectivity index (χ1v) is 10.1. The fraction of sp³-hybridized carbons (Fsp3) is 1.00. The number of aliphatic hydroxyl groups is 2. The smallest absolute Gasteiger partial charge is 0.0900 e. The van der Waals surface area contributed by atoms with Crippen LogP contribution in [0, 0.1) is 0 Å². The van der Waals surface area contributed by atoms with Gasteiger partial charge >= 0.3 is 0 Å². The minimum atomic E-state index is -0.416. The molecule has 0 aliphatic carbocycles. The van der Waals surface area contributed by atoms with Gasteiger partial charge in [0.25, 0.3) is 0 Å². The largest absolute Gasteiger partial charge is 0.389 e. The molecule has 0 radical (unpaired) electrons. The van der Waals surface area contributed by atoms with Crippen molar-refractivity contribution in [2.24, 2.45) is 0 Å². The van der Waals surface area contributed by atoms with Crippen molar-refractivity contribution in [3.63, 3.8) is 0 Å². The Morgan fingerprint density at radius 1 is 0.760 bits per heavy atom. The van der Waals surface area contributed by atoms with Gasteiger partial charge in [0.2, 0.25) is 0 Å². The van der Waals surface area contributed by atoms with E-state index in [0.29, 0.717) is 26.3 Å². The molecule has 1 aliphatic heterocycles. The molecule has 0 aromatic rings. The van der Waals surface area contributed by atoms with E-state index in [0.717, 1.165) is 71.5 Å². The molecular weight excluding hydrogens is 320 g/mol. The van der Waals surface area contributed by atoms with Gasteiger partial charge in [0, 0.05) is 39.4 Å². The molecule has 0 aromatic heterocycles. The van der Waals surface area contributed by atoms with Crippen LogP contribution in [-0.4, -0.2) is 97.9 Å². The standard InChI is InChI=1S/C19H40N2O4/c1-3-5-12-24-16-18(22)14-20-8-7-9-21(11-10-20)15-19(23)17-25-13-6-4-2/h18-19,22-23H,3-17H2,1-2H3. The van der Waals surface area contributed by atoms with Gasteiger partial charge in [-0.15, -0.1) is 0 Å². The van der Waals surface area contributed by atoms with Crippen molar-refractivity contribution < 1.29 is 19.7 Å². The molecular formula is C19H40N2O4. The van der Waals surface area contributed by atoms with Crippen molar-refractivity contribution in [1.29, 1.82) is 0 Å². The van der Waals surface area contributed by atoms with Crippen LogP contribution in [0.5, 0.6) is 0 Å². The molecule has 1 aliphatic rings. The van der Waals surface area contributed by atoms with Gasteiger partial charge in [0.15, 0.2) is 0 Å². The van der Waals surface area contributed by atoms with E-state index < -0.39 is 12.2 Å². The minimum absolute atomic E-state index is 0.416. The third kappa shape index (κ3) is 11.9. The lowest BCUT2D eigenvalue weighted by molar-refractivity contribution is 0.0122. The van der Waals surface area contributed by atoms with E-state index in [9.17, 15) is 10.2 Å². The highest BCUT2D eigenvalue weighted by Gasteiger charge is 2.19. The van der Waals surface area contributed by atoms with Crippen molar-refractivity contribution in [3.05, 3.63) is 0 Å². The Kier molecular flexibility index (Phi) is 13.6. The lowest BCUT2D eigenvalue weighted by Gasteiger charge is -2.25. The van der Waals surface area contributed by atoms with Crippen LogP contribution in [0.2, 0.25) is 0 Å². The number of ether oxygens (including phenoxy) is 2. The molecule has 6 heteroatoms. The topological polar surface area (TPSA) is 65.4 Å². The van der Waals surface area contributed by atoms with E-state index >= 15 is 0 Å². The van der Waals surface area contributed by atoms with E-state index in [-0.39, 0.29) is 0 Å². The van der Waals surface area contributed by atoms with Crippen molar-refractivity contribution >= 4 is 0 Å². The Bertz CT molecular complexity index is 279. The summed E-state index contributed by atoms with van der Waals surface area (Å²) in [5.74, 6) is 0.